The number of aromatic carboxylic acids is 1. The first-order chi connectivity index (χ1) is 20.4. The zero-order valence-electron chi connectivity index (χ0n) is 23.7. The summed E-state index contributed by atoms with van der Waals surface area (Å²) in [7, 11) is 1.42. The van der Waals surface area contributed by atoms with Crippen molar-refractivity contribution in [1.82, 2.24) is 0 Å². The largest absolute Gasteiger partial charge is 0.496 e. The van der Waals surface area contributed by atoms with E-state index in [4.69, 9.17) is 4.74 Å². The van der Waals surface area contributed by atoms with Crippen LogP contribution in [0, 0.1) is 0 Å². The molecule has 43 heavy (non-hydrogen) atoms. The summed E-state index contributed by atoms with van der Waals surface area (Å²) in [6.45, 7) is 1.87. The van der Waals surface area contributed by atoms with Gasteiger partial charge in [0, 0.05) is 27.4 Å². The predicted octanol–water partition coefficient (Wildman–Crippen LogP) is 8.32. The number of carbonyl (C=O) groups is 2. The van der Waals surface area contributed by atoms with E-state index in [1.54, 1.807) is 22.8 Å². The number of carboxylic acids is 1. The highest BCUT2D eigenvalue weighted by Crippen LogP contribution is 2.34. The second kappa shape index (κ2) is 15.2. The molecule has 4 aromatic rings. The molecular formula is C33H33BrClN3O4S. The van der Waals surface area contributed by atoms with Gasteiger partial charge in [0.1, 0.15) is 11.3 Å². The van der Waals surface area contributed by atoms with Gasteiger partial charge >= 0.3 is 5.97 Å². The molecule has 0 spiro atoms. The van der Waals surface area contributed by atoms with Gasteiger partial charge in [0.15, 0.2) is 0 Å². The maximum atomic E-state index is 14.1. The van der Waals surface area contributed by atoms with Crippen molar-refractivity contribution in [1.29, 1.82) is 0 Å². The zero-order chi connectivity index (χ0) is 29.5. The van der Waals surface area contributed by atoms with Gasteiger partial charge in [-0.3, -0.25) is 10.2 Å². The lowest BCUT2D eigenvalue weighted by Gasteiger charge is -2.34. The number of anilines is 3. The van der Waals surface area contributed by atoms with Crippen LogP contribution in [0.15, 0.2) is 105 Å². The highest BCUT2D eigenvalue weighted by atomic mass is 79.9. The Morgan fingerprint density at radius 3 is 2.26 bits per heavy atom. The van der Waals surface area contributed by atoms with Gasteiger partial charge in [0.2, 0.25) is 5.91 Å². The Bertz CT molecular complexity index is 1550. The quantitative estimate of drug-likeness (QED) is 0.163. The van der Waals surface area contributed by atoms with Gasteiger partial charge in [0.25, 0.3) is 0 Å². The third kappa shape index (κ3) is 8.04. The average Bonchev–Trinajstić information content (AvgIpc) is 3.02. The van der Waals surface area contributed by atoms with Crippen molar-refractivity contribution < 1.29 is 19.4 Å². The maximum Gasteiger partial charge on any atom is 0.339 e. The molecule has 1 heterocycles. The first kappa shape index (κ1) is 32.3. The molecule has 0 radical (unpaired) electrons. The van der Waals surface area contributed by atoms with E-state index >= 15 is 0 Å². The molecule has 1 aliphatic heterocycles. The SMILES string of the molecule is COc1cc(CC(=O)N(Nc2ccc(Sc3ccccc3)cc2)c2ccccc2N2CCCCC2)c(Br)cc1C(=O)O.Cl. The van der Waals surface area contributed by atoms with Gasteiger partial charge in [0.05, 0.1) is 30.6 Å². The van der Waals surface area contributed by atoms with Crippen LogP contribution in [0.2, 0.25) is 0 Å². The standard InChI is InChI=1S/C33H32BrN3O4S.ClH/c1-41-31-20-23(28(34)22-27(31)33(39)40)21-32(38)37(30-13-7-6-12-29(30)36-18-8-3-9-19-36)35-24-14-16-26(17-15-24)42-25-10-4-2-5-11-25;/h2,4-7,10-17,20,22,35H,3,8-9,18-19,21H2,1H3,(H,39,40);1H. The average molecular weight is 683 g/mol. The number of nitrogens with one attached hydrogen (secondary N) is 1. The van der Waals surface area contributed by atoms with Crippen LogP contribution in [-0.2, 0) is 11.2 Å². The van der Waals surface area contributed by atoms with Crippen molar-refractivity contribution >= 4 is 69.0 Å². The molecular weight excluding hydrogens is 650 g/mol. The summed E-state index contributed by atoms with van der Waals surface area (Å²) in [6, 6.07) is 29.2. The number of piperidine rings is 1. The summed E-state index contributed by atoms with van der Waals surface area (Å²) in [5.74, 6) is -1.10. The van der Waals surface area contributed by atoms with Gasteiger partial charge in [-0.1, -0.05) is 58.0 Å². The normalized spacial score (nSPS) is 12.7. The number of amides is 1. The molecule has 1 amide bonds. The number of hydrogen-bond donors (Lipinski definition) is 2. The first-order valence-electron chi connectivity index (χ1n) is 13.8. The zero-order valence-corrected chi connectivity index (χ0v) is 26.9. The Balaban J connectivity index is 0.00000423. The molecule has 224 valence electrons. The third-order valence-corrected chi connectivity index (χ3v) is 8.84. The molecule has 10 heteroatoms. The van der Waals surface area contributed by atoms with Crippen molar-refractivity contribution in [2.45, 2.75) is 35.5 Å². The number of carboxylic acid groups (broad SMARTS) is 1. The molecule has 0 unspecified atom stereocenters. The lowest BCUT2D eigenvalue weighted by atomic mass is 10.1. The van der Waals surface area contributed by atoms with Crippen molar-refractivity contribution in [2.24, 2.45) is 0 Å². The Hall–Kier alpha value is -3.66. The van der Waals surface area contributed by atoms with Gasteiger partial charge in [-0.05, 0) is 85.5 Å². The number of rotatable bonds is 10. The van der Waals surface area contributed by atoms with Gasteiger partial charge < -0.3 is 14.7 Å². The molecule has 7 nitrogen and oxygen atoms in total. The van der Waals surface area contributed by atoms with Crippen LogP contribution >= 0.6 is 40.1 Å². The molecule has 0 atom stereocenters. The lowest BCUT2D eigenvalue weighted by Crippen LogP contribution is -2.39. The molecule has 1 aliphatic rings. The number of halogens is 2. The van der Waals surface area contributed by atoms with E-state index in [0.717, 1.165) is 52.8 Å². The molecule has 1 fully saturated rings. The summed E-state index contributed by atoms with van der Waals surface area (Å²) >= 11 is 5.15. The van der Waals surface area contributed by atoms with E-state index in [1.807, 2.05) is 60.7 Å². The molecule has 0 saturated carbocycles. The van der Waals surface area contributed by atoms with Crippen LogP contribution in [0.5, 0.6) is 5.75 Å². The molecule has 5 rings (SSSR count). The fourth-order valence-corrected chi connectivity index (χ4v) is 6.29. The third-order valence-electron chi connectivity index (χ3n) is 7.08. The van der Waals surface area contributed by atoms with Crippen molar-refractivity contribution in [3.63, 3.8) is 0 Å². The number of para-hydroxylation sites is 2. The van der Waals surface area contributed by atoms with Crippen molar-refractivity contribution in [3.05, 3.63) is 107 Å². The minimum absolute atomic E-state index is 0. The fraction of sp³-hybridized carbons (Fsp3) is 0.212. The minimum Gasteiger partial charge on any atom is -0.496 e. The molecule has 0 aliphatic carbocycles. The van der Waals surface area contributed by atoms with Crippen LogP contribution in [-0.4, -0.2) is 37.2 Å². The number of hydrogen-bond acceptors (Lipinski definition) is 6. The van der Waals surface area contributed by atoms with E-state index in [9.17, 15) is 14.7 Å². The van der Waals surface area contributed by atoms with Gasteiger partial charge in [-0.25, -0.2) is 9.80 Å². The molecule has 0 aromatic heterocycles. The van der Waals surface area contributed by atoms with Crippen molar-refractivity contribution in [3.8, 4) is 5.75 Å². The summed E-state index contributed by atoms with van der Waals surface area (Å²) in [4.78, 5) is 30.4. The maximum absolute atomic E-state index is 14.1. The van der Waals surface area contributed by atoms with Crippen LogP contribution in [0.1, 0.15) is 35.2 Å². The van der Waals surface area contributed by atoms with Crippen LogP contribution in [0.25, 0.3) is 0 Å². The Morgan fingerprint density at radius 2 is 1.58 bits per heavy atom. The number of ether oxygens (including phenoxy) is 1. The number of methoxy groups -OCH3 is 1. The Labute approximate surface area is 270 Å². The van der Waals surface area contributed by atoms with E-state index in [-0.39, 0.29) is 36.0 Å². The fourth-order valence-electron chi connectivity index (χ4n) is 4.97. The summed E-state index contributed by atoms with van der Waals surface area (Å²) in [5.41, 5.74) is 6.55. The van der Waals surface area contributed by atoms with E-state index < -0.39 is 5.97 Å². The molecule has 1 saturated heterocycles. The van der Waals surface area contributed by atoms with E-state index in [0.29, 0.717) is 10.0 Å². The Morgan fingerprint density at radius 1 is 0.930 bits per heavy atom. The molecule has 2 N–H and O–H groups in total. The smallest absolute Gasteiger partial charge is 0.339 e. The lowest BCUT2D eigenvalue weighted by molar-refractivity contribution is -0.117. The summed E-state index contributed by atoms with van der Waals surface area (Å²) in [6.07, 6.45) is 3.44. The monoisotopic (exact) mass is 681 g/mol. The van der Waals surface area contributed by atoms with Gasteiger partial charge in [-0.15, -0.1) is 12.4 Å². The number of hydrazine groups is 1. The summed E-state index contributed by atoms with van der Waals surface area (Å²) < 4.78 is 5.85. The van der Waals surface area contributed by atoms with Crippen molar-refractivity contribution in [2.75, 3.05) is 35.5 Å². The van der Waals surface area contributed by atoms with Crippen LogP contribution in [0.4, 0.5) is 17.1 Å². The number of benzene rings is 4. The van der Waals surface area contributed by atoms with Crippen LogP contribution < -0.4 is 20.1 Å². The number of nitrogens with zero attached hydrogens (tertiary/aromatic N) is 2. The highest BCUT2D eigenvalue weighted by Gasteiger charge is 2.25. The highest BCUT2D eigenvalue weighted by molar-refractivity contribution is 9.10. The van der Waals surface area contributed by atoms with Crippen LogP contribution in [0.3, 0.4) is 0 Å². The van der Waals surface area contributed by atoms with E-state index in [2.05, 4.69) is 44.5 Å². The molecule has 0 bridgehead atoms. The van der Waals surface area contributed by atoms with Gasteiger partial charge in [-0.2, -0.15) is 0 Å². The van der Waals surface area contributed by atoms with E-state index in [1.165, 1.54) is 19.6 Å². The summed E-state index contributed by atoms with van der Waals surface area (Å²) in [5, 5.41) is 11.2. The predicted molar refractivity (Wildman–Crippen MR) is 179 cm³/mol. The first-order valence-corrected chi connectivity index (χ1v) is 15.4. The topological polar surface area (TPSA) is 82.1 Å². The molecule has 4 aromatic carbocycles. The second-order valence-electron chi connectivity index (χ2n) is 9.94. The minimum atomic E-state index is -1.10. The second-order valence-corrected chi connectivity index (χ2v) is 11.9. The Kier molecular flexibility index (Phi) is 11.4. The number of carbonyl (C=O) groups excluding carboxylic acids is 1.